The Balaban J connectivity index is 1.64. The van der Waals surface area contributed by atoms with Crippen molar-refractivity contribution < 1.29 is 23.1 Å². The van der Waals surface area contributed by atoms with E-state index in [1.807, 2.05) is 39.8 Å². The molecule has 0 aliphatic heterocycles. The fourth-order valence-electron chi connectivity index (χ4n) is 3.94. The lowest BCUT2D eigenvalue weighted by atomic mass is 9.88. The number of aromatic nitrogens is 2. The number of carbonyl (C=O) groups excluding carboxylic acids is 2. The summed E-state index contributed by atoms with van der Waals surface area (Å²) in [5.41, 5.74) is 3.03. The van der Waals surface area contributed by atoms with Crippen molar-refractivity contribution in [3.05, 3.63) is 46.8 Å². The number of hydrogen-bond acceptors (Lipinski definition) is 4. The van der Waals surface area contributed by atoms with Crippen LogP contribution in [0.1, 0.15) is 67.8 Å². The average Bonchev–Trinajstić information content (AvgIpc) is 3.09. The molecule has 0 saturated heterocycles. The molecule has 9 heteroatoms. The summed E-state index contributed by atoms with van der Waals surface area (Å²) in [6, 6.07) is 7.22. The number of alkyl carbamates (subject to hydrolysis) is 1. The summed E-state index contributed by atoms with van der Waals surface area (Å²) in [5, 5.41) is 9.83. The first-order valence-electron chi connectivity index (χ1n) is 11.3. The summed E-state index contributed by atoms with van der Waals surface area (Å²) in [4.78, 5) is 24.7. The highest BCUT2D eigenvalue weighted by molar-refractivity contribution is 6.03. The minimum absolute atomic E-state index is 0.0106. The van der Waals surface area contributed by atoms with Gasteiger partial charge in [0, 0.05) is 17.4 Å². The summed E-state index contributed by atoms with van der Waals surface area (Å²) in [6.07, 6.45) is 0.584. The standard InChI is InChI=1S/C24H32F2N4O3/c1-5-6-19-13-20(29-30(19)14-21(25)26)22(31)27-17-9-7-16-12-18(10-8-15(16)11-17)28-23(32)33-24(2,3)4/h7,9,11,13,18,21H,5-6,8,10,12,14H2,1-4H3,(H,27,31)(H,28,32)/t18-/m1/s1. The topological polar surface area (TPSA) is 85.2 Å². The molecular formula is C24H32F2N4O3. The Kier molecular flexibility index (Phi) is 7.71. The lowest BCUT2D eigenvalue weighted by Crippen LogP contribution is -2.41. The highest BCUT2D eigenvalue weighted by Crippen LogP contribution is 2.25. The van der Waals surface area contributed by atoms with Gasteiger partial charge in [0.1, 0.15) is 12.1 Å². The van der Waals surface area contributed by atoms with Gasteiger partial charge in [-0.15, -0.1) is 0 Å². The molecule has 0 fully saturated rings. The second-order valence-corrected chi connectivity index (χ2v) is 9.37. The van der Waals surface area contributed by atoms with E-state index in [9.17, 15) is 18.4 Å². The molecule has 0 saturated carbocycles. The predicted molar refractivity (Wildman–Crippen MR) is 122 cm³/mol. The molecule has 33 heavy (non-hydrogen) atoms. The van der Waals surface area contributed by atoms with Crippen LogP contribution in [0, 0.1) is 0 Å². The van der Waals surface area contributed by atoms with E-state index in [4.69, 9.17) is 4.74 Å². The number of anilines is 1. The number of hydrogen-bond donors (Lipinski definition) is 2. The second-order valence-electron chi connectivity index (χ2n) is 9.37. The Bertz CT molecular complexity index is 998. The number of halogens is 2. The third-order valence-corrected chi connectivity index (χ3v) is 5.33. The van der Waals surface area contributed by atoms with Gasteiger partial charge in [0.2, 0.25) is 0 Å². The van der Waals surface area contributed by atoms with Crippen LogP contribution in [0.2, 0.25) is 0 Å². The molecule has 1 aliphatic rings. The Hall–Kier alpha value is -2.97. The van der Waals surface area contributed by atoms with Crippen molar-refractivity contribution in [2.75, 3.05) is 5.32 Å². The molecule has 180 valence electrons. The molecule has 0 bridgehead atoms. The quantitative estimate of drug-likeness (QED) is 0.623. The van der Waals surface area contributed by atoms with Crippen LogP contribution in [-0.2, 0) is 30.5 Å². The van der Waals surface area contributed by atoms with Gasteiger partial charge in [-0.3, -0.25) is 9.48 Å². The number of alkyl halides is 2. The fraction of sp³-hybridized carbons (Fsp3) is 0.542. The molecule has 2 aromatic rings. The number of nitrogens with one attached hydrogen (secondary N) is 2. The molecule has 1 aromatic heterocycles. The van der Waals surface area contributed by atoms with Crippen molar-refractivity contribution in [1.82, 2.24) is 15.1 Å². The zero-order valence-electron chi connectivity index (χ0n) is 19.6. The van der Waals surface area contributed by atoms with Gasteiger partial charge in [-0.05, 0) is 75.8 Å². The third kappa shape index (κ3) is 7.00. The summed E-state index contributed by atoms with van der Waals surface area (Å²) in [5.74, 6) is -0.430. The number of aryl methyl sites for hydroxylation is 2. The SMILES string of the molecule is CCCc1cc(C(=O)Nc2ccc3c(c2)CC[C@@H](NC(=O)OC(C)(C)C)C3)nn1CC(F)F. The van der Waals surface area contributed by atoms with E-state index in [-0.39, 0.29) is 11.7 Å². The summed E-state index contributed by atoms with van der Waals surface area (Å²) < 4.78 is 32.2. The van der Waals surface area contributed by atoms with Crippen molar-refractivity contribution in [2.24, 2.45) is 0 Å². The maximum absolute atomic E-state index is 12.8. The molecule has 2 N–H and O–H groups in total. The van der Waals surface area contributed by atoms with E-state index >= 15 is 0 Å². The van der Waals surface area contributed by atoms with E-state index in [2.05, 4.69) is 15.7 Å². The number of rotatable bonds is 7. The van der Waals surface area contributed by atoms with Gasteiger partial charge in [0.25, 0.3) is 12.3 Å². The van der Waals surface area contributed by atoms with Gasteiger partial charge in [-0.1, -0.05) is 19.4 Å². The molecule has 1 atom stereocenters. The number of fused-ring (bicyclic) bond motifs is 1. The number of ether oxygens (including phenoxy) is 1. The Morgan fingerprint density at radius 2 is 2.00 bits per heavy atom. The third-order valence-electron chi connectivity index (χ3n) is 5.33. The molecule has 2 amide bonds. The van der Waals surface area contributed by atoms with Crippen molar-refractivity contribution in [3.63, 3.8) is 0 Å². The first-order chi connectivity index (χ1) is 15.5. The minimum Gasteiger partial charge on any atom is -0.444 e. The molecule has 1 aliphatic carbocycles. The Morgan fingerprint density at radius 3 is 2.67 bits per heavy atom. The van der Waals surface area contributed by atoms with Gasteiger partial charge in [0.05, 0.1) is 0 Å². The Morgan fingerprint density at radius 1 is 1.24 bits per heavy atom. The van der Waals surface area contributed by atoms with Gasteiger partial charge in [0.15, 0.2) is 5.69 Å². The van der Waals surface area contributed by atoms with Crippen molar-refractivity contribution in [1.29, 1.82) is 0 Å². The molecule has 0 spiro atoms. The van der Waals surface area contributed by atoms with Crippen LogP contribution in [0.15, 0.2) is 24.3 Å². The Labute approximate surface area is 192 Å². The predicted octanol–water partition coefficient (Wildman–Crippen LogP) is 4.74. The van der Waals surface area contributed by atoms with Crippen molar-refractivity contribution in [3.8, 4) is 0 Å². The lowest BCUT2D eigenvalue weighted by molar-refractivity contribution is 0.0500. The summed E-state index contributed by atoms with van der Waals surface area (Å²) in [7, 11) is 0. The summed E-state index contributed by atoms with van der Waals surface area (Å²) >= 11 is 0. The highest BCUT2D eigenvalue weighted by atomic mass is 19.3. The molecular weight excluding hydrogens is 430 g/mol. The van der Waals surface area contributed by atoms with E-state index < -0.39 is 30.6 Å². The van der Waals surface area contributed by atoms with Crippen LogP contribution >= 0.6 is 0 Å². The molecule has 1 heterocycles. The monoisotopic (exact) mass is 462 g/mol. The largest absolute Gasteiger partial charge is 0.444 e. The van der Waals surface area contributed by atoms with Crippen LogP contribution in [0.25, 0.3) is 0 Å². The van der Waals surface area contributed by atoms with Gasteiger partial charge >= 0.3 is 6.09 Å². The van der Waals surface area contributed by atoms with Crippen molar-refractivity contribution in [2.45, 2.75) is 84.4 Å². The normalized spacial score (nSPS) is 15.8. The van der Waals surface area contributed by atoms with Crippen LogP contribution < -0.4 is 10.6 Å². The first kappa shape index (κ1) is 24.7. The maximum Gasteiger partial charge on any atom is 0.407 e. The number of benzene rings is 1. The van der Waals surface area contributed by atoms with Gasteiger partial charge in [-0.25, -0.2) is 13.6 Å². The lowest BCUT2D eigenvalue weighted by Gasteiger charge is -2.27. The minimum atomic E-state index is -2.54. The van der Waals surface area contributed by atoms with E-state index in [1.165, 1.54) is 4.68 Å². The molecule has 1 aromatic carbocycles. The second kappa shape index (κ2) is 10.3. The van der Waals surface area contributed by atoms with E-state index in [0.29, 0.717) is 24.2 Å². The average molecular weight is 463 g/mol. The van der Waals surface area contributed by atoms with Crippen LogP contribution in [-0.4, -0.2) is 39.8 Å². The smallest absolute Gasteiger partial charge is 0.407 e. The number of nitrogens with zero attached hydrogens (tertiary/aromatic N) is 2. The molecule has 7 nitrogen and oxygen atoms in total. The number of amides is 2. The van der Waals surface area contributed by atoms with Crippen LogP contribution in [0.4, 0.5) is 19.3 Å². The molecule has 3 rings (SSSR count). The number of carbonyl (C=O) groups is 2. The maximum atomic E-state index is 12.8. The van der Waals surface area contributed by atoms with Gasteiger partial charge in [-0.2, -0.15) is 5.10 Å². The zero-order valence-corrected chi connectivity index (χ0v) is 19.6. The van der Waals surface area contributed by atoms with Crippen molar-refractivity contribution >= 4 is 17.7 Å². The first-order valence-corrected chi connectivity index (χ1v) is 11.3. The van der Waals surface area contributed by atoms with E-state index in [0.717, 1.165) is 30.4 Å². The van der Waals surface area contributed by atoms with Gasteiger partial charge < -0.3 is 15.4 Å². The molecule has 0 radical (unpaired) electrons. The zero-order chi connectivity index (χ0) is 24.2. The molecule has 0 unspecified atom stereocenters. The fourth-order valence-corrected chi connectivity index (χ4v) is 3.94. The van der Waals surface area contributed by atoms with Crippen LogP contribution in [0.3, 0.4) is 0 Å². The van der Waals surface area contributed by atoms with E-state index in [1.54, 1.807) is 12.1 Å². The van der Waals surface area contributed by atoms with Crippen LogP contribution in [0.5, 0.6) is 0 Å². The summed E-state index contributed by atoms with van der Waals surface area (Å²) in [6.45, 7) is 6.89. The highest BCUT2D eigenvalue weighted by Gasteiger charge is 2.24.